The minimum Gasteiger partial charge on any atom is -0.309 e. The number of para-hydroxylation sites is 3. The van der Waals surface area contributed by atoms with Crippen molar-refractivity contribution in [3.63, 3.8) is 0 Å². The number of rotatable bonds is 3. The van der Waals surface area contributed by atoms with Crippen LogP contribution in [0.15, 0.2) is 133 Å². The predicted octanol–water partition coefficient (Wildman–Crippen LogP) is 10.7. The van der Waals surface area contributed by atoms with Crippen molar-refractivity contribution in [1.29, 1.82) is 5.26 Å². The molecular formula is C43H31N5. The lowest BCUT2D eigenvalue weighted by atomic mass is 9.87. The van der Waals surface area contributed by atoms with Gasteiger partial charge in [-0.1, -0.05) is 93.6 Å². The summed E-state index contributed by atoms with van der Waals surface area (Å²) in [6, 6.07) is 49.3. The zero-order valence-corrected chi connectivity index (χ0v) is 26.9. The van der Waals surface area contributed by atoms with Crippen molar-refractivity contribution in [3.05, 3.63) is 145 Å². The van der Waals surface area contributed by atoms with Gasteiger partial charge in [-0.15, -0.1) is 0 Å². The Morgan fingerprint density at radius 2 is 1.04 bits per heavy atom. The van der Waals surface area contributed by atoms with Crippen LogP contribution in [0.5, 0.6) is 0 Å². The Balaban J connectivity index is 1.22. The normalized spacial score (nSPS) is 12.0. The first-order chi connectivity index (χ1) is 23.4. The smallest absolute Gasteiger partial charge is 0.236 e. The molecule has 6 aromatic carbocycles. The van der Waals surface area contributed by atoms with Gasteiger partial charge in [-0.2, -0.15) is 5.26 Å². The van der Waals surface area contributed by atoms with E-state index in [4.69, 9.17) is 9.97 Å². The Bertz CT molecular complexity index is 2770. The fourth-order valence-corrected chi connectivity index (χ4v) is 7.16. The summed E-state index contributed by atoms with van der Waals surface area (Å²) >= 11 is 0. The standard InChI is InChI=1S/C43H31N5/c1-43(2,3)29-18-20-30(21-19-29)47-38-14-8-5-10-31(38)34-24-27(16-22-40(34)47)28-17-23-41-35(25-28)32-11-6-9-15-39(32)48(41)42-45-36-13-7-4-12-33(36)37(26-44)46-42/h4-25H,1-3H3. The number of fused-ring (bicyclic) bond motifs is 7. The van der Waals surface area contributed by atoms with Gasteiger partial charge in [-0.05, 0) is 82.8 Å². The molecule has 0 aliphatic carbocycles. The number of nitrogens with zero attached hydrogens (tertiary/aromatic N) is 5. The van der Waals surface area contributed by atoms with Crippen LogP contribution in [0.25, 0.3) is 77.3 Å². The van der Waals surface area contributed by atoms with Gasteiger partial charge >= 0.3 is 0 Å². The number of hydrogen-bond acceptors (Lipinski definition) is 3. The fourth-order valence-electron chi connectivity index (χ4n) is 7.16. The van der Waals surface area contributed by atoms with E-state index in [0.717, 1.165) is 49.5 Å². The molecule has 0 spiro atoms. The van der Waals surface area contributed by atoms with Gasteiger partial charge in [0.05, 0.1) is 27.6 Å². The van der Waals surface area contributed by atoms with Gasteiger partial charge < -0.3 is 4.57 Å². The van der Waals surface area contributed by atoms with Gasteiger partial charge in [0, 0.05) is 32.6 Å². The van der Waals surface area contributed by atoms with Gasteiger partial charge in [0.2, 0.25) is 5.95 Å². The molecule has 0 fully saturated rings. The third kappa shape index (κ3) is 4.23. The lowest BCUT2D eigenvalue weighted by molar-refractivity contribution is 0.590. The third-order valence-corrected chi connectivity index (χ3v) is 9.57. The topological polar surface area (TPSA) is 59.4 Å². The Morgan fingerprint density at radius 3 is 1.65 bits per heavy atom. The maximum absolute atomic E-state index is 9.94. The summed E-state index contributed by atoms with van der Waals surface area (Å²) in [5.41, 5.74) is 10.4. The number of aromatic nitrogens is 4. The molecule has 0 atom stereocenters. The Hall–Kier alpha value is -6.25. The van der Waals surface area contributed by atoms with Crippen LogP contribution in [0.3, 0.4) is 0 Å². The quantitative estimate of drug-likeness (QED) is 0.198. The summed E-state index contributed by atoms with van der Waals surface area (Å²) in [6.45, 7) is 6.75. The van der Waals surface area contributed by atoms with Crippen molar-refractivity contribution >= 4 is 54.5 Å². The summed E-state index contributed by atoms with van der Waals surface area (Å²) in [5, 5.41) is 15.4. The van der Waals surface area contributed by atoms with Crippen LogP contribution >= 0.6 is 0 Å². The first kappa shape index (κ1) is 28.0. The molecule has 0 aliphatic rings. The van der Waals surface area contributed by atoms with E-state index in [0.29, 0.717) is 11.6 Å². The molecule has 0 aliphatic heterocycles. The maximum Gasteiger partial charge on any atom is 0.236 e. The first-order valence-corrected chi connectivity index (χ1v) is 16.2. The highest BCUT2D eigenvalue weighted by molar-refractivity contribution is 6.12. The van der Waals surface area contributed by atoms with Crippen LogP contribution in [0.1, 0.15) is 32.0 Å². The van der Waals surface area contributed by atoms with Gasteiger partial charge in [0.15, 0.2) is 5.69 Å². The SMILES string of the molecule is CC(C)(C)c1ccc(-n2c3ccccc3c3cc(-c4ccc5c(c4)c4ccccc4n5-c4nc(C#N)c5ccccc5n4)ccc32)cc1. The van der Waals surface area contributed by atoms with E-state index in [9.17, 15) is 5.26 Å². The van der Waals surface area contributed by atoms with Crippen LogP contribution in [-0.4, -0.2) is 19.1 Å². The molecule has 5 heteroatoms. The minimum atomic E-state index is 0.101. The first-order valence-electron chi connectivity index (χ1n) is 16.2. The van der Waals surface area contributed by atoms with E-state index in [-0.39, 0.29) is 5.41 Å². The molecule has 228 valence electrons. The minimum absolute atomic E-state index is 0.101. The van der Waals surface area contributed by atoms with Gasteiger partial charge in [0.25, 0.3) is 0 Å². The van der Waals surface area contributed by atoms with Crippen molar-refractivity contribution in [1.82, 2.24) is 19.1 Å². The van der Waals surface area contributed by atoms with E-state index >= 15 is 0 Å². The van der Waals surface area contributed by atoms with E-state index in [2.05, 4.69) is 139 Å². The lowest BCUT2D eigenvalue weighted by Gasteiger charge is -2.19. The molecule has 0 bridgehead atoms. The molecule has 9 rings (SSSR count). The van der Waals surface area contributed by atoms with Crippen molar-refractivity contribution < 1.29 is 0 Å². The fraction of sp³-hybridized carbons (Fsp3) is 0.0930. The molecule has 3 aromatic heterocycles. The highest BCUT2D eigenvalue weighted by Gasteiger charge is 2.19. The van der Waals surface area contributed by atoms with E-state index in [1.54, 1.807) is 0 Å². The summed E-state index contributed by atoms with van der Waals surface area (Å²) in [5.74, 6) is 0.494. The number of hydrogen-bond donors (Lipinski definition) is 0. The van der Waals surface area contributed by atoms with Gasteiger partial charge in [0.1, 0.15) is 6.07 Å². The van der Waals surface area contributed by atoms with Crippen LogP contribution in [0, 0.1) is 11.3 Å². The molecule has 48 heavy (non-hydrogen) atoms. The Labute approximate surface area is 278 Å². The van der Waals surface area contributed by atoms with Crippen LogP contribution < -0.4 is 0 Å². The van der Waals surface area contributed by atoms with Crippen molar-refractivity contribution in [2.75, 3.05) is 0 Å². The molecule has 5 nitrogen and oxygen atoms in total. The Morgan fingerprint density at radius 1 is 0.521 bits per heavy atom. The van der Waals surface area contributed by atoms with Crippen LogP contribution in [0.4, 0.5) is 0 Å². The second-order valence-electron chi connectivity index (χ2n) is 13.5. The molecule has 0 amide bonds. The van der Waals surface area contributed by atoms with Crippen molar-refractivity contribution in [3.8, 4) is 28.8 Å². The highest BCUT2D eigenvalue weighted by Crippen LogP contribution is 2.38. The monoisotopic (exact) mass is 617 g/mol. The zero-order chi connectivity index (χ0) is 32.6. The third-order valence-electron chi connectivity index (χ3n) is 9.57. The van der Waals surface area contributed by atoms with E-state index < -0.39 is 0 Å². The molecular weight excluding hydrogens is 587 g/mol. The lowest BCUT2D eigenvalue weighted by Crippen LogP contribution is -2.10. The summed E-state index contributed by atoms with van der Waals surface area (Å²) in [4.78, 5) is 9.65. The van der Waals surface area contributed by atoms with Gasteiger partial charge in [-0.25, -0.2) is 9.97 Å². The highest BCUT2D eigenvalue weighted by atomic mass is 15.2. The van der Waals surface area contributed by atoms with Crippen molar-refractivity contribution in [2.45, 2.75) is 26.2 Å². The average molecular weight is 618 g/mol. The predicted molar refractivity (Wildman–Crippen MR) is 197 cm³/mol. The molecule has 0 saturated carbocycles. The summed E-state index contributed by atoms with van der Waals surface area (Å²) < 4.78 is 4.44. The molecule has 3 heterocycles. The average Bonchev–Trinajstić information content (AvgIpc) is 3.63. The van der Waals surface area contributed by atoms with Gasteiger partial charge in [-0.3, -0.25) is 4.57 Å². The summed E-state index contributed by atoms with van der Waals surface area (Å²) in [6.07, 6.45) is 0. The number of nitriles is 1. The van der Waals surface area contributed by atoms with Crippen molar-refractivity contribution in [2.24, 2.45) is 0 Å². The van der Waals surface area contributed by atoms with E-state index in [1.165, 1.54) is 27.4 Å². The van der Waals surface area contributed by atoms with E-state index in [1.807, 2.05) is 30.3 Å². The molecule has 0 N–H and O–H groups in total. The second-order valence-corrected chi connectivity index (χ2v) is 13.5. The maximum atomic E-state index is 9.94. The number of benzene rings is 6. The zero-order valence-electron chi connectivity index (χ0n) is 26.9. The van der Waals surface area contributed by atoms with Crippen LogP contribution in [-0.2, 0) is 5.41 Å². The van der Waals surface area contributed by atoms with Crippen LogP contribution in [0.2, 0.25) is 0 Å². The summed E-state index contributed by atoms with van der Waals surface area (Å²) in [7, 11) is 0. The molecule has 0 radical (unpaired) electrons. The Kier molecular flexibility index (Phi) is 6.06. The largest absolute Gasteiger partial charge is 0.309 e. The second kappa shape index (κ2) is 10.4. The molecule has 0 saturated heterocycles. The molecule has 9 aromatic rings. The molecule has 0 unspecified atom stereocenters.